The number of hydrogen-bond donors (Lipinski definition) is 1. The van der Waals surface area contributed by atoms with E-state index in [1.54, 1.807) is 6.08 Å². The molecule has 3 unspecified atom stereocenters. The number of nitrogens with one attached hydrogen (secondary N) is 1. The van der Waals surface area contributed by atoms with Gasteiger partial charge in [0.2, 0.25) is 0 Å². The van der Waals surface area contributed by atoms with Crippen LogP contribution < -0.4 is 5.32 Å². The third-order valence-electron chi connectivity index (χ3n) is 9.23. The van der Waals surface area contributed by atoms with E-state index in [0.29, 0.717) is 6.04 Å². The molecule has 0 saturated heterocycles. The number of unbranched alkanes of at least 4 members (excludes halogenated alkanes) is 11. The van der Waals surface area contributed by atoms with Crippen molar-refractivity contribution in [3.05, 3.63) is 60.9 Å². The normalized spacial score (nSPS) is 16.6. The molecule has 0 fully saturated rings. The van der Waals surface area contributed by atoms with Crippen LogP contribution >= 0.6 is 0 Å². The van der Waals surface area contributed by atoms with Crippen molar-refractivity contribution >= 4 is 0 Å². The van der Waals surface area contributed by atoms with Crippen LogP contribution in [0.3, 0.4) is 0 Å². The van der Waals surface area contributed by atoms with Crippen LogP contribution in [0.25, 0.3) is 0 Å². The third kappa shape index (κ3) is 25.3. The first kappa shape index (κ1) is 47.9. The molecule has 1 aliphatic heterocycles. The highest BCUT2D eigenvalue weighted by Gasteiger charge is 2.32. The molecular formula is C43H85N2+. The van der Waals surface area contributed by atoms with E-state index in [9.17, 15) is 0 Å². The minimum Gasteiger partial charge on any atom is -0.383 e. The van der Waals surface area contributed by atoms with Gasteiger partial charge in [0.25, 0.3) is 0 Å². The van der Waals surface area contributed by atoms with Crippen LogP contribution in [0.2, 0.25) is 0 Å². The molecule has 0 saturated carbocycles. The van der Waals surface area contributed by atoms with E-state index < -0.39 is 0 Å². The Morgan fingerprint density at radius 1 is 0.778 bits per heavy atom. The Morgan fingerprint density at radius 2 is 1.29 bits per heavy atom. The zero-order valence-electron chi connectivity index (χ0n) is 32.9. The zero-order valence-corrected chi connectivity index (χ0v) is 32.9. The molecule has 1 heterocycles. The molecule has 3 atom stereocenters. The second kappa shape index (κ2) is 33.8. The smallest absolute Gasteiger partial charge is 0.105 e. The minimum absolute atomic E-state index is 0.575. The van der Waals surface area contributed by atoms with Crippen LogP contribution in [0.1, 0.15) is 184 Å². The quantitative estimate of drug-likeness (QED) is 0.0636. The maximum absolute atomic E-state index is 4.38. The summed E-state index contributed by atoms with van der Waals surface area (Å²) in [5, 5.41) is 3.30. The summed E-state index contributed by atoms with van der Waals surface area (Å²) in [4.78, 5) is 0. The van der Waals surface area contributed by atoms with E-state index in [1.165, 1.54) is 130 Å². The van der Waals surface area contributed by atoms with Gasteiger partial charge in [-0.2, -0.15) is 0 Å². The van der Waals surface area contributed by atoms with Gasteiger partial charge in [-0.1, -0.05) is 171 Å². The predicted octanol–water partition coefficient (Wildman–Crippen LogP) is 14.1. The number of quaternary nitrogens is 1. The Bertz CT molecular complexity index is 745. The van der Waals surface area contributed by atoms with Crippen LogP contribution in [0.4, 0.5) is 0 Å². The molecule has 45 heavy (non-hydrogen) atoms. The number of allylic oxidation sites excluding steroid dienone is 2. The van der Waals surface area contributed by atoms with Crippen molar-refractivity contribution < 1.29 is 4.48 Å². The Labute approximate surface area is 286 Å². The molecule has 0 aromatic heterocycles. The molecular weight excluding hydrogens is 544 g/mol. The van der Waals surface area contributed by atoms with E-state index in [4.69, 9.17) is 0 Å². The number of hydrogen-bond acceptors (Lipinski definition) is 1. The summed E-state index contributed by atoms with van der Waals surface area (Å²) in [5.41, 5.74) is 4.86. The lowest BCUT2D eigenvalue weighted by Crippen LogP contribution is -2.54. The van der Waals surface area contributed by atoms with Gasteiger partial charge in [0.05, 0.1) is 19.6 Å². The van der Waals surface area contributed by atoms with Crippen LogP contribution in [0.15, 0.2) is 60.9 Å². The number of rotatable bonds is 24. The standard InChI is InChI=1S/C29H54N.C10H19N.2C2H6/c1-7-9-10-11-12-13-14-15-16-17-18-19-22-27(4)30(6)24-20-23-29(25-30)28(5)26(3)21-8-2;1-5-8-10(7-3)11-9(4)6-2;2*1-2/h23,27H,3,5,7-22,24-25H2,1-2,4,6H3;6,10-11H,2,4-5,7-8H2,1,3H3;2*1-2H3/q+1;;;. The van der Waals surface area contributed by atoms with Crippen molar-refractivity contribution in [2.24, 2.45) is 0 Å². The first-order valence-electron chi connectivity index (χ1n) is 19.7. The highest BCUT2D eigenvalue weighted by atomic mass is 15.4. The Hall–Kier alpha value is -1.54. The van der Waals surface area contributed by atoms with E-state index in [1.807, 2.05) is 27.7 Å². The van der Waals surface area contributed by atoms with Gasteiger partial charge >= 0.3 is 0 Å². The molecule has 0 spiro atoms. The summed E-state index contributed by atoms with van der Waals surface area (Å²) in [6, 6.07) is 1.31. The fourth-order valence-electron chi connectivity index (χ4n) is 5.98. The molecule has 266 valence electrons. The average molecular weight is 630 g/mol. The Morgan fingerprint density at radius 3 is 1.73 bits per heavy atom. The van der Waals surface area contributed by atoms with E-state index in [0.717, 1.165) is 37.5 Å². The fourth-order valence-corrected chi connectivity index (χ4v) is 5.98. The SMILES string of the molecule is C=C(CCC)C(=C)C1=CCC[N+](C)(C(C)CCCCCCCCCCCCCC)C1.C=CC(=C)NC(CC)CCC.CC.CC. The maximum Gasteiger partial charge on any atom is 0.105 e. The molecule has 2 heteroatoms. The third-order valence-corrected chi connectivity index (χ3v) is 9.23. The molecule has 0 bridgehead atoms. The van der Waals surface area contributed by atoms with Crippen LogP contribution in [0, 0.1) is 0 Å². The molecule has 0 radical (unpaired) electrons. The van der Waals surface area contributed by atoms with Gasteiger partial charge in [-0.15, -0.1) is 0 Å². The van der Waals surface area contributed by atoms with Crippen LogP contribution in [-0.4, -0.2) is 36.7 Å². The molecule has 1 rings (SSSR count). The largest absolute Gasteiger partial charge is 0.383 e. The summed E-state index contributed by atoms with van der Waals surface area (Å²) in [6.45, 7) is 37.9. The topological polar surface area (TPSA) is 12.0 Å². The highest BCUT2D eigenvalue weighted by molar-refractivity contribution is 5.44. The van der Waals surface area contributed by atoms with Crippen molar-refractivity contribution in [1.82, 2.24) is 5.32 Å². The summed E-state index contributed by atoms with van der Waals surface area (Å²) >= 11 is 0. The zero-order chi connectivity index (χ0) is 34.9. The van der Waals surface area contributed by atoms with Crippen molar-refractivity contribution in [3.8, 4) is 0 Å². The average Bonchev–Trinajstić information content (AvgIpc) is 3.06. The number of likely N-dealkylation sites (N-methyl/N-ethyl adjacent to an activating group) is 1. The summed E-state index contributed by atoms with van der Waals surface area (Å²) < 4.78 is 1.18. The summed E-state index contributed by atoms with van der Waals surface area (Å²) in [6.07, 6.45) is 29.8. The van der Waals surface area contributed by atoms with Crippen molar-refractivity contribution in [3.63, 3.8) is 0 Å². The van der Waals surface area contributed by atoms with Crippen LogP contribution in [0.5, 0.6) is 0 Å². The molecule has 2 nitrogen and oxygen atoms in total. The van der Waals surface area contributed by atoms with E-state index in [-0.39, 0.29) is 0 Å². The lowest BCUT2D eigenvalue weighted by atomic mass is 9.92. The van der Waals surface area contributed by atoms with E-state index >= 15 is 0 Å². The highest BCUT2D eigenvalue weighted by Crippen LogP contribution is 2.30. The van der Waals surface area contributed by atoms with Gasteiger partial charge in [0, 0.05) is 23.7 Å². The van der Waals surface area contributed by atoms with Crippen molar-refractivity contribution in [2.45, 2.75) is 196 Å². The second-order valence-corrected chi connectivity index (χ2v) is 13.0. The first-order valence-corrected chi connectivity index (χ1v) is 19.7. The lowest BCUT2D eigenvalue weighted by Gasteiger charge is -2.43. The molecule has 0 aromatic carbocycles. The summed E-state index contributed by atoms with van der Waals surface area (Å²) in [5.74, 6) is 0. The van der Waals surface area contributed by atoms with Gasteiger partial charge in [-0.25, -0.2) is 0 Å². The number of nitrogens with zero attached hydrogens (tertiary/aromatic N) is 1. The van der Waals surface area contributed by atoms with Gasteiger partial charge < -0.3 is 9.80 Å². The van der Waals surface area contributed by atoms with Crippen molar-refractivity contribution in [1.29, 1.82) is 0 Å². The summed E-state index contributed by atoms with van der Waals surface area (Å²) in [7, 11) is 2.47. The monoisotopic (exact) mass is 630 g/mol. The minimum atomic E-state index is 0.575. The van der Waals surface area contributed by atoms with Gasteiger partial charge in [0.15, 0.2) is 0 Å². The molecule has 0 aliphatic carbocycles. The Balaban J connectivity index is -0.000000983. The van der Waals surface area contributed by atoms with Gasteiger partial charge in [0.1, 0.15) is 6.54 Å². The molecule has 0 aromatic rings. The first-order chi connectivity index (χ1) is 21.7. The fraction of sp³-hybridized carbons (Fsp3) is 0.767. The van der Waals surface area contributed by atoms with E-state index in [2.05, 4.69) is 79.4 Å². The molecule has 1 N–H and O–H groups in total. The van der Waals surface area contributed by atoms with Crippen molar-refractivity contribution in [2.75, 3.05) is 20.1 Å². The second-order valence-electron chi connectivity index (χ2n) is 13.0. The Kier molecular flexibility index (Phi) is 36.0. The van der Waals surface area contributed by atoms with Gasteiger partial charge in [-0.3, -0.25) is 0 Å². The van der Waals surface area contributed by atoms with Crippen LogP contribution in [-0.2, 0) is 0 Å². The molecule has 1 aliphatic rings. The lowest BCUT2D eigenvalue weighted by molar-refractivity contribution is -0.928. The van der Waals surface area contributed by atoms with Gasteiger partial charge in [-0.05, 0) is 56.3 Å². The molecule has 0 amide bonds. The maximum atomic E-state index is 4.38. The predicted molar refractivity (Wildman–Crippen MR) is 211 cm³/mol.